The second-order valence-corrected chi connectivity index (χ2v) is 6.90. The molecule has 0 saturated carbocycles. The van der Waals surface area contributed by atoms with Crippen LogP contribution in [-0.2, 0) is 16.6 Å². The molecule has 0 spiro atoms. The normalized spacial score (nSPS) is 12.7. The van der Waals surface area contributed by atoms with Crippen LogP contribution in [0.15, 0.2) is 29.6 Å². The van der Waals surface area contributed by atoms with E-state index in [4.69, 9.17) is 4.74 Å². The van der Waals surface area contributed by atoms with Crippen molar-refractivity contribution in [2.45, 2.75) is 17.8 Å². The van der Waals surface area contributed by atoms with Crippen LogP contribution in [0.5, 0.6) is 5.75 Å². The maximum Gasteiger partial charge on any atom is 0.198 e. The van der Waals surface area contributed by atoms with E-state index in [1.807, 2.05) is 13.0 Å². The van der Waals surface area contributed by atoms with E-state index in [1.165, 1.54) is 4.88 Å². The fraction of sp³-hybridized carbons (Fsp3) is 0.231. The average Bonchev–Trinajstić information content (AvgIpc) is 2.96. The largest absolute Gasteiger partial charge is 0.497 e. The van der Waals surface area contributed by atoms with E-state index in [0.717, 1.165) is 16.0 Å². The van der Waals surface area contributed by atoms with E-state index in [2.05, 4.69) is 15.0 Å². The summed E-state index contributed by atoms with van der Waals surface area (Å²) in [6, 6.07) is 5.56. The minimum absolute atomic E-state index is 0.316. The zero-order chi connectivity index (χ0) is 14.1. The topological polar surface area (TPSA) is 67.9 Å². The van der Waals surface area contributed by atoms with Crippen LogP contribution in [0.25, 0.3) is 10.3 Å². The summed E-state index contributed by atoms with van der Waals surface area (Å²) in [6.45, 7) is 2.02. The Labute approximate surface area is 122 Å². The third-order valence-corrected chi connectivity index (χ3v) is 4.93. The zero-order valence-corrected chi connectivity index (χ0v) is 12.7. The summed E-state index contributed by atoms with van der Waals surface area (Å²) >= 11 is 1.59. The van der Waals surface area contributed by atoms with Gasteiger partial charge in [-0.15, -0.1) is 11.3 Å². The van der Waals surface area contributed by atoms with E-state index in [-0.39, 0.29) is 0 Å². The Hall–Kier alpha value is -1.73. The summed E-state index contributed by atoms with van der Waals surface area (Å²) in [5.41, 5.74) is 1.66. The first kappa shape index (κ1) is 13.3. The molecule has 3 aromatic heterocycles. The van der Waals surface area contributed by atoms with E-state index < -0.39 is 10.8 Å². The fourth-order valence-electron chi connectivity index (χ4n) is 1.88. The average molecular weight is 307 g/mol. The van der Waals surface area contributed by atoms with E-state index in [9.17, 15) is 4.21 Å². The summed E-state index contributed by atoms with van der Waals surface area (Å²) < 4.78 is 17.4. The van der Waals surface area contributed by atoms with Crippen LogP contribution < -0.4 is 4.74 Å². The molecule has 20 heavy (non-hydrogen) atoms. The number of aromatic amines is 1. The fourth-order valence-corrected chi connectivity index (χ4v) is 3.76. The molecule has 3 heterocycles. The number of nitrogens with zero attached hydrogens (tertiary/aromatic N) is 2. The second-order valence-electron chi connectivity index (χ2n) is 4.29. The SMILES string of the molecule is COc1ccnc(CS(=O)c2nc3sc(C)cc3[nH]2)c1. The first-order valence-corrected chi connectivity index (χ1v) is 8.12. The molecule has 104 valence electrons. The number of hydrogen-bond acceptors (Lipinski definition) is 5. The lowest BCUT2D eigenvalue weighted by Crippen LogP contribution is -2.01. The van der Waals surface area contributed by atoms with Gasteiger partial charge in [-0.1, -0.05) is 0 Å². The van der Waals surface area contributed by atoms with E-state index in [1.54, 1.807) is 36.8 Å². The van der Waals surface area contributed by atoms with Crippen molar-refractivity contribution in [1.29, 1.82) is 0 Å². The number of imidazole rings is 1. The van der Waals surface area contributed by atoms with Crippen molar-refractivity contribution in [3.63, 3.8) is 0 Å². The molecule has 0 fully saturated rings. The third kappa shape index (κ3) is 2.59. The van der Waals surface area contributed by atoms with Gasteiger partial charge in [-0.25, -0.2) is 4.98 Å². The maximum absolute atomic E-state index is 12.3. The van der Waals surface area contributed by atoms with Crippen molar-refractivity contribution in [2.75, 3.05) is 7.11 Å². The highest BCUT2D eigenvalue weighted by atomic mass is 32.2. The minimum Gasteiger partial charge on any atom is -0.497 e. The number of hydrogen-bond donors (Lipinski definition) is 1. The molecule has 0 aliphatic carbocycles. The molecule has 0 aliphatic heterocycles. The van der Waals surface area contributed by atoms with Gasteiger partial charge in [-0.2, -0.15) is 0 Å². The van der Waals surface area contributed by atoms with Crippen molar-refractivity contribution < 1.29 is 8.95 Å². The lowest BCUT2D eigenvalue weighted by atomic mass is 10.3. The Morgan fingerprint density at radius 3 is 3.05 bits per heavy atom. The van der Waals surface area contributed by atoms with Crippen LogP contribution in [0.2, 0.25) is 0 Å². The molecule has 1 unspecified atom stereocenters. The van der Waals surface area contributed by atoms with Crippen molar-refractivity contribution in [2.24, 2.45) is 0 Å². The number of fused-ring (bicyclic) bond motifs is 1. The van der Waals surface area contributed by atoms with E-state index >= 15 is 0 Å². The monoisotopic (exact) mass is 307 g/mol. The van der Waals surface area contributed by atoms with Crippen molar-refractivity contribution in [1.82, 2.24) is 15.0 Å². The quantitative estimate of drug-likeness (QED) is 0.804. The number of H-pyrrole nitrogens is 1. The molecule has 0 aromatic carbocycles. The summed E-state index contributed by atoms with van der Waals surface area (Å²) in [6.07, 6.45) is 1.65. The third-order valence-electron chi connectivity index (χ3n) is 2.80. The van der Waals surface area contributed by atoms with Crippen molar-refractivity contribution in [3.8, 4) is 5.75 Å². The molecule has 0 bridgehead atoms. The van der Waals surface area contributed by atoms with Crippen LogP contribution >= 0.6 is 11.3 Å². The molecular formula is C13H13N3O2S2. The lowest BCUT2D eigenvalue weighted by Gasteiger charge is -2.02. The number of aryl methyl sites for hydroxylation is 1. The Morgan fingerprint density at radius 1 is 1.45 bits per heavy atom. The first-order valence-electron chi connectivity index (χ1n) is 5.99. The van der Waals surface area contributed by atoms with Gasteiger partial charge in [0.1, 0.15) is 10.6 Å². The number of rotatable bonds is 4. The van der Waals surface area contributed by atoms with Gasteiger partial charge in [0.2, 0.25) is 0 Å². The molecule has 1 atom stereocenters. The highest BCUT2D eigenvalue weighted by Crippen LogP contribution is 2.24. The molecule has 0 saturated heterocycles. The summed E-state index contributed by atoms with van der Waals surface area (Å²) in [4.78, 5) is 13.8. The number of thiophene rings is 1. The van der Waals surface area contributed by atoms with E-state index in [0.29, 0.717) is 16.7 Å². The summed E-state index contributed by atoms with van der Waals surface area (Å²) in [5.74, 6) is 1.03. The number of nitrogens with one attached hydrogen (secondary N) is 1. The molecule has 1 N–H and O–H groups in total. The van der Waals surface area contributed by atoms with Crippen LogP contribution in [0, 0.1) is 6.92 Å². The highest BCUT2D eigenvalue weighted by Gasteiger charge is 2.13. The number of ether oxygens (including phenoxy) is 1. The Bertz CT molecular complexity index is 747. The summed E-state index contributed by atoms with van der Waals surface area (Å²) in [5, 5.41) is 0.496. The smallest absolute Gasteiger partial charge is 0.198 e. The summed E-state index contributed by atoms with van der Waals surface area (Å²) in [7, 11) is 0.356. The Kier molecular flexibility index (Phi) is 3.54. The van der Waals surface area contributed by atoms with Crippen LogP contribution in [0.4, 0.5) is 0 Å². The molecule has 0 amide bonds. The molecule has 7 heteroatoms. The van der Waals surface area contributed by atoms with Gasteiger partial charge in [0, 0.05) is 17.1 Å². The van der Waals surface area contributed by atoms with Crippen LogP contribution in [-0.4, -0.2) is 26.3 Å². The molecule has 0 radical (unpaired) electrons. The standard InChI is InChI=1S/C13H13N3O2S2/c1-8-5-11-12(19-8)16-13(15-11)20(17)7-9-6-10(18-2)3-4-14-9/h3-6H,7H2,1-2H3,(H,15,16). The van der Waals surface area contributed by atoms with Crippen LogP contribution in [0.1, 0.15) is 10.6 Å². The van der Waals surface area contributed by atoms with Gasteiger partial charge in [-0.05, 0) is 19.1 Å². The van der Waals surface area contributed by atoms with Gasteiger partial charge in [-0.3, -0.25) is 9.19 Å². The Morgan fingerprint density at radius 2 is 2.30 bits per heavy atom. The zero-order valence-electron chi connectivity index (χ0n) is 11.0. The van der Waals surface area contributed by atoms with Gasteiger partial charge >= 0.3 is 0 Å². The molecule has 3 aromatic rings. The predicted octanol–water partition coefficient (Wildman–Crippen LogP) is 2.64. The van der Waals surface area contributed by atoms with Gasteiger partial charge in [0.25, 0.3) is 0 Å². The maximum atomic E-state index is 12.3. The van der Waals surface area contributed by atoms with Crippen molar-refractivity contribution in [3.05, 3.63) is 35.0 Å². The lowest BCUT2D eigenvalue weighted by molar-refractivity contribution is 0.413. The molecular weight excluding hydrogens is 294 g/mol. The number of pyridine rings is 1. The van der Waals surface area contributed by atoms with Gasteiger partial charge in [0.05, 0.1) is 34.9 Å². The Balaban J connectivity index is 1.82. The molecule has 5 nitrogen and oxygen atoms in total. The number of aromatic nitrogens is 3. The van der Waals surface area contributed by atoms with Crippen molar-refractivity contribution >= 4 is 32.5 Å². The minimum atomic E-state index is -1.24. The molecule has 0 aliphatic rings. The first-order chi connectivity index (χ1) is 9.65. The number of methoxy groups -OCH3 is 1. The highest BCUT2D eigenvalue weighted by molar-refractivity contribution is 7.84. The second kappa shape index (κ2) is 5.34. The molecule has 3 rings (SSSR count). The van der Waals surface area contributed by atoms with Gasteiger partial charge < -0.3 is 9.72 Å². The predicted molar refractivity (Wildman–Crippen MR) is 79.6 cm³/mol. The van der Waals surface area contributed by atoms with Crippen LogP contribution in [0.3, 0.4) is 0 Å². The van der Waals surface area contributed by atoms with Gasteiger partial charge in [0.15, 0.2) is 5.16 Å².